The lowest BCUT2D eigenvalue weighted by Crippen LogP contribution is -2.17. The lowest BCUT2D eigenvalue weighted by Gasteiger charge is -2.15. The average Bonchev–Trinajstić information content (AvgIpc) is 2.82. The Morgan fingerprint density at radius 3 is 2.90 bits per heavy atom. The molecule has 0 amide bonds. The van der Waals surface area contributed by atoms with Crippen LogP contribution in [0.4, 0.5) is 5.82 Å². The summed E-state index contributed by atoms with van der Waals surface area (Å²) in [5.74, 6) is 0.969. The maximum Gasteiger partial charge on any atom is 0.126 e. The van der Waals surface area contributed by atoms with Crippen molar-refractivity contribution in [3.8, 4) is 0 Å². The summed E-state index contributed by atoms with van der Waals surface area (Å²) in [5.41, 5.74) is 1.10. The zero-order valence-corrected chi connectivity index (χ0v) is 14.3. The molecule has 0 saturated carbocycles. The minimum atomic E-state index is 0.858. The molecule has 0 aromatic carbocycles. The Morgan fingerprint density at radius 1 is 1.35 bits per heavy atom. The molecule has 0 radical (unpaired) electrons. The number of rotatable bonds is 7. The quantitative estimate of drug-likeness (QED) is 0.801. The third-order valence-corrected chi connectivity index (χ3v) is 4.52. The fourth-order valence-electron chi connectivity index (χ4n) is 1.95. The van der Waals surface area contributed by atoms with Crippen LogP contribution < -0.4 is 5.32 Å². The summed E-state index contributed by atoms with van der Waals surface area (Å²) < 4.78 is 1.16. The van der Waals surface area contributed by atoms with Gasteiger partial charge in [-0.2, -0.15) is 0 Å². The van der Waals surface area contributed by atoms with E-state index < -0.39 is 0 Å². The number of nitrogens with zero attached hydrogens (tertiary/aromatic N) is 2. The highest BCUT2D eigenvalue weighted by Crippen LogP contribution is 2.21. The standard InChI is InChI=1S/C15H20BrN3S/c1-3-7-17-15-6-4-5-13(18-15)9-19(2)10-14-8-12(16)11-20-14/h4-6,8,11H,3,7,9-10H2,1-2H3,(H,17,18). The van der Waals surface area contributed by atoms with Gasteiger partial charge in [0.05, 0.1) is 5.69 Å². The van der Waals surface area contributed by atoms with Crippen molar-refractivity contribution in [2.24, 2.45) is 0 Å². The molecule has 0 fully saturated rings. The van der Waals surface area contributed by atoms with Crippen LogP contribution in [0.3, 0.4) is 0 Å². The summed E-state index contributed by atoms with van der Waals surface area (Å²) in [4.78, 5) is 8.28. The maximum absolute atomic E-state index is 4.64. The summed E-state index contributed by atoms with van der Waals surface area (Å²) >= 11 is 5.28. The van der Waals surface area contributed by atoms with E-state index in [1.54, 1.807) is 11.3 Å². The monoisotopic (exact) mass is 353 g/mol. The SMILES string of the molecule is CCCNc1cccc(CN(C)Cc2cc(Br)cs2)n1. The van der Waals surface area contributed by atoms with E-state index in [1.165, 1.54) is 4.88 Å². The number of thiophene rings is 1. The zero-order chi connectivity index (χ0) is 14.4. The van der Waals surface area contributed by atoms with Crippen molar-refractivity contribution in [1.29, 1.82) is 0 Å². The minimum absolute atomic E-state index is 0.858. The Morgan fingerprint density at radius 2 is 2.20 bits per heavy atom. The fraction of sp³-hybridized carbons (Fsp3) is 0.400. The van der Waals surface area contributed by atoms with E-state index in [1.807, 2.05) is 6.07 Å². The molecular formula is C15H20BrN3S. The number of anilines is 1. The molecule has 0 atom stereocenters. The van der Waals surface area contributed by atoms with Gasteiger partial charge in [-0.15, -0.1) is 11.3 Å². The number of hydrogen-bond donors (Lipinski definition) is 1. The highest BCUT2D eigenvalue weighted by Gasteiger charge is 2.05. The van der Waals surface area contributed by atoms with E-state index in [2.05, 4.69) is 68.7 Å². The van der Waals surface area contributed by atoms with Crippen LogP contribution in [0.15, 0.2) is 34.1 Å². The van der Waals surface area contributed by atoms with Crippen LogP contribution >= 0.6 is 27.3 Å². The smallest absolute Gasteiger partial charge is 0.126 e. The molecule has 0 saturated heterocycles. The molecule has 2 aromatic rings. The molecule has 2 rings (SSSR count). The van der Waals surface area contributed by atoms with Gasteiger partial charge in [0.2, 0.25) is 0 Å². The molecule has 1 N–H and O–H groups in total. The summed E-state index contributed by atoms with van der Waals surface area (Å²) in [6.45, 7) is 4.93. The molecule has 20 heavy (non-hydrogen) atoms. The zero-order valence-electron chi connectivity index (χ0n) is 11.9. The molecule has 0 spiro atoms. The van der Waals surface area contributed by atoms with Crippen molar-refractivity contribution < 1.29 is 0 Å². The number of aromatic nitrogens is 1. The van der Waals surface area contributed by atoms with Crippen LogP contribution in [0, 0.1) is 0 Å². The summed E-state index contributed by atoms with van der Waals surface area (Å²) in [7, 11) is 2.13. The predicted molar refractivity (Wildman–Crippen MR) is 90.2 cm³/mol. The molecule has 2 aromatic heterocycles. The van der Waals surface area contributed by atoms with Gasteiger partial charge in [-0.3, -0.25) is 4.90 Å². The van der Waals surface area contributed by atoms with E-state index in [-0.39, 0.29) is 0 Å². The predicted octanol–water partition coefficient (Wildman–Crippen LogP) is 4.36. The molecule has 0 bridgehead atoms. The molecule has 3 nitrogen and oxygen atoms in total. The summed E-state index contributed by atoms with van der Waals surface area (Å²) in [6, 6.07) is 8.34. The first-order chi connectivity index (χ1) is 9.67. The molecule has 5 heteroatoms. The summed E-state index contributed by atoms with van der Waals surface area (Å²) in [6.07, 6.45) is 1.11. The minimum Gasteiger partial charge on any atom is -0.370 e. The second kappa shape index (κ2) is 7.76. The molecule has 108 valence electrons. The van der Waals surface area contributed by atoms with Crippen LogP contribution in [0.1, 0.15) is 23.9 Å². The van der Waals surface area contributed by atoms with Gasteiger partial charge in [0.15, 0.2) is 0 Å². The van der Waals surface area contributed by atoms with Gasteiger partial charge in [0.1, 0.15) is 5.82 Å². The lowest BCUT2D eigenvalue weighted by atomic mass is 10.3. The Balaban J connectivity index is 1.91. The number of hydrogen-bond acceptors (Lipinski definition) is 4. The number of pyridine rings is 1. The Kier molecular flexibility index (Phi) is 6.01. The van der Waals surface area contributed by atoms with Crippen LogP contribution in [0.5, 0.6) is 0 Å². The van der Waals surface area contributed by atoms with Crippen LogP contribution in [0.2, 0.25) is 0 Å². The lowest BCUT2D eigenvalue weighted by molar-refractivity contribution is 0.318. The van der Waals surface area contributed by atoms with Crippen LogP contribution in [0.25, 0.3) is 0 Å². The van der Waals surface area contributed by atoms with Gasteiger partial charge in [-0.25, -0.2) is 4.98 Å². The van der Waals surface area contributed by atoms with Gasteiger partial charge in [0.25, 0.3) is 0 Å². The van der Waals surface area contributed by atoms with Crippen molar-refractivity contribution in [2.75, 3.05) is 18.9 Å². The highest BCUT2D eigenvalue weighted by atomic mass is 79.9. The van der Waals surface area contributed by atoms with Crippen molar-refractivity contribution in [1.82, 2.24) is 9.88 Å². The van der Waals surface area contributed by atoms with E-state index in [0.717, 1.165) is 42.0 Å². The summed E-state index contributed by atoms with van der Waals surface area (Å²) in [5, 5.41) is 5.45. The van der Waals surface area contributed by atoms with Crippen molar-refractivity contribution >= 4 is 33.1 Å². The normalized spacial score (nSPS) is 11.0. The van der Waals surface area contributed by atoms with E-state index in [0.29, 0.717) is 0 Å². The largest absolute Gasteiger partial charge is 0.370 e. The van der Waals surface area contributed by atoms with Gasteiger partial charge >= 0.3 is 0 Å². The van der Waals surface area contributed by atoms with E-state index in [9.17, 15) is 0 Å². The molecule has 0 aliphatic heterocycles. The van der Waals surface area contributed by atoms with Crippen molar-refractivity contribution in [3.63, 3.8) is 0 Å². The maximum atomic E-state index is 4.64. The van der Waals surface area contributed by atoms with Gasteiger partial charge in [0, 0.05) is 34.4 Å². The van der Waals surface area contributed by atoms with E-state index >= 15 is 0 Å². The van der Waals surface area contributed by atoms with Crippen LogP contribution in [-0.2, 0) is 13.1 Å². The highest BCUT2D eigenvalue weighted by molar-refractivity contribution is 9.10. The molecular weight excluding hydrogens is 334 g/mol. The number of halogens is 1. The van der Waals surface area contributed by atoms with Gasteiger partial charge < -0.3 is 5.32 Å². The Hall–Kier alpha value is -0.910. The fourth-order valence-corrected chi connectivity index (χ4v) is 3.48. The van der Waals surface area contributed by atoms with E-state index in [4.69, 9.17) is 0 Å². The average molecular weight is 354 g/mol. The molecule has 0 unspecified atom stereocenters. The third kappa shape index (κ3) is 4.89. The van der Waals surface area contributed by atoms with Gasteiger partial charge in [-0.05, 0) is 47.6 Å². The second-order valence-corrected chi connectivity index (χ2v) is 6.76. The Bertz CT molecular complexity index is 541. The topological polar surface area (TPSA) is 28.2 Å². The van der Waals surface area contributed by atoms with Crippen LogP contribution in [-0.4, -0.2) is 23.5 Å². The number of nitrogens with one attached hydrogen (secondary N) is 1. The Labute approximate surface area is 133 Å². The molecule has 2 heterocycles. The third-order valence-electron chi connectivity index (χ3n) is 2.84. The first kappa shape index (κ1) is 15.5. The van der Waals surface area contributed by atoms with Crippen molar-refractivity contribution in [2.45, 2.75) is 26.4 Å². The van der Waals surface area contributed by atoms with Crippen molar-refractivity contribution in [3.05, 3.63) is 44.7 Å². The first-order valence-corrected chi connectivity index (χ1v) is 8.46. The van der Waals surface area contributed by atoms with Gasteiger partial charge in [-0.1, -0.05) is 13.0 Å². The molecule has 0 aliphatic carbocycles. The second-order valence-electron chi connectivity index (χ2n) is 4.84. The first-order valence-electron chi connectivity index (χ1n) is 6.78. The molecule has 0 aliphatic rings.